The van der Waals surface area contributed by atoms with Crippen LogP contribution >= 0.6 is 0 Å². The van der Waals surface area contributed by atoms with Gasteiger partial charge < -0.3 is 15.1 Å². The van der Waals surface area contributed by atoms with Crippen LogP contribution in [0.2, 0.25) is 0 Å². The van der Waals surface area contributed by atoms with Gasteiger partial charge in [0.15, 0.2) is 0 Å². The Kier molecular flexibility index (Phi) is 6.27. The number of nitrogens with one attached hydrogen (secondary N) is 1. The molecule has 3 amide bonds. The average molecular weight is 431 g/mol. The first kappa shape index (κ1) is 21.7. The number of hydrogen-bond acceptors (Lipinski definition) is 4. The summed E-state index contributed by atoms with van der Waals surface area (Å²) in [6.45, 7) is 5.82. The third-order valence-corrected chi connectivity index (χ3v) is 6.93. The van der Waals surface area contributed by atoms with Crippen molar-refractivity contribution in [2.24, 2.45) is 5.92 Å². The van der Waals surface area contributed by atoms with Gasteiger partial charge in [-0.05, 0) is 49.3 Å². The van der Waals surface area contributed by atoms with Gasteiger partial charge in [0, 0.05) is 39.3 Å². The van der Waals surface area contributed by atoms with Gasteiger partial charge in [0.25, 0.3) is 5.91 Å². The van der Waals surface area contributed by atoms with Crippen LogP contribution in [0.4, 0.5) is 10.1 Å². The number of anilines is 1. The molecule has 0 radical (unpaired) electrons. The second kappa shape index (κ2) is 8.94. The molecule has 1 aromatic carbocycles. The summed E-state index contributed by atoms with van der Waals surface area (Å²) >= 11 is 0. The highest BCUT2D eigenvalue weighted by Gasteiger charge is 2.36. The SMILES string of the molecule is CNC(=O)c1cc2c(cc1F)N(C1CCN(CC(=O)N3CCC(C)CC3)CC1)C(=O)C2. The normalized spacial score (nSPS) is 20.8. The van der Waals surface area contributed by atoms with Crippen LogP contribution in [-0.4, -0.2) is 73.3 Å². The van der Waals surface area contributed by atoms with Crippen molar-refractivity contribution in [3.8, 4) is 0 Å². The molecule has 0 atom stereocenters. The van der Waals surface area contributed by atoms with Crippen molar-refractivity contribution in [3.63, 3.8) is 0 Å². The van der Waals surface area contributed by atoms with Crippen LogP contribution in [0, 0.1) is 11.7 Å². The van der Waals surface area contributed by atoms with E-state index in [0.29, 0.717) is 23.7 Å². The summed E-state index contributed by atoms with van der Waals surface area (Å²) in [6, 6.07) is 2.80. The lowest BCUT2D eigenvalue weighted by Gasteiger charge is -2.38. The zero-order valence-electron chi connectivity index (χ0n) is 18.3. The number of amides is 3. The van der Waals surface area contributed by atoms with E-state index in [-0.39, 0.29) is 29.8 Å². The number of rotatable bonds is 4. The highest BCUT2D eigenvalue weighted by atomic mass is 19.1. The fraction of sp³-hybridized carbons (Fsp3) is 0.609. The predicted molar refractivity (Wildman–Crippen MR) is 115 cm³/mol. The van der Waals surface area contributed by atoms with Crippen LogP contribution in [0.3, 0.4) is 0 Å². The Labute approximate surface area is 182 Å². The topological polar surface area (TPSA) is 73.0 Å². The van der Waals surface area contributed by atoms with E-state index in [4.69, 9.17) is 0 Å². The van der Waals surface area contributed by atoms with E-state index in [1.807, 2.05) is 4.90 Å². The molecule has 3 heterocycles. The zero-order chi connectivity index (χ0) is 22.1. The van der Waals surface area contributed by atoms with E-state index in [0.717, 1.165) is 51.9 Å². The number of piperidine rings is 2. The molecule has 2 saturated heterocycles. The Morgan fingerprint density at radius 1 is 1.10 bits per heavy atom. The number of likely N-dealkylation sites (tertiary alicyclic amines) is 2. The number of benzene rings is 1. The molecular weight excluding hydrogens is 399 g/mol. The summed E-state index contributed by atoms with van der Waals surface area (Å²) in [6.07, 6.45) is 3.82. The first-order valence-corrected chi connectivity index (χ1v) is 11.2. The summed E-state index contributed by atoms with van der Waals surface area (Å²) in [5.41, 5.74) is 1.24. The molecule has 4 rings (SSSR count). The van der Waals surface area contributed by atoms with Gasteiger partial charge >= 0.3 is 0 Å². The number of carbonyl (C=O) groups excluding carboxylic acids is 3. The maximum absolute atomic E-state index is 14.5. The van der Waals surface area contributed by atoms with Crippen LogP contribution in [0.25, 0.3) is 0 Å². The van der Waals surface area contributed by atoms with Crippen LogP contribution in [0.1, 0.15) is 48.5 Å². The summed E-state index contributed by atoms with van der Waals surface area (Å²) in [5.74, 6) is -0.279. The van der Waals surface area contributed by atoms with E-state index in [2.05, 4.69) is 17.1 Å². The minimum absolute atomic E-state index is 0.0128. The first-order valence-electron chi connectivity index (χ1n) is 11.2. The van der Waals surface area contributed by atoms with Crippen LogP contribution in [0.5, 0.6) is 0 Å². The van der Waals surface area contributed by atoms with E-state index >= 15 is 0 Å². The van der Waals surface area contributed by atoms with Crippen molar-refractivity contribution < 1.29 is 18.8 Å². The quantitative estimate of drug-likeness (QED) is 0.791. The zero-order valence-corrected chi connectivity index (χ0v) is 18.3. The summed E-state index contributed by atoms with van der Waals surface area (Å²) in [5, 5.41) is 2.43. The molecule has 7 nitrogen and oxygen atoms in total. The first-order chi connectivity index (χ1) is 14.9. The summed E-state index contributed by atoms with van der Waals surface area (Å²) in [7, 11) is 1.46. The molecule has 31 heavy (non-hydrogen) atoms. The Morgan fingerprint density at radius 2 is 1.77 bits per heavy atom. The second-order valence-corrected chi connectivity index (χ2v) is 9.05. The molecule has 0 spiro atoms. The minimum atomic E-state index is -0.614. The lowest BCUT2D eigenvalue weighted by atomic mass is 9.99. The smallest absolute Gasteiger partial charge is 0.254 e. The van der Waals surface area contributed by atoms with Gasteiger partial charge in [0.1, 0.15) is 5.82 Å². The third kappa shape index (κ3) is 4.44. The highest BCUT2D eigenvalue weighted by Crippen LogP contribution is 2.35. The predicted octanol–water partition coefficient (Wildman–Crippen LogP) is 1.80. The van der Waals surface area contributed by atoms with Crippen molar-refractivity contribution >= 4 is 23.4 Å². The number of nitrogens with zero attached hydrogens (tertiary/aromatic N) is 3. The van der Waals surface area contributed by atoms with Crippen LogP contribution < -0.4 is 10.2 Å². The molecule has 3 aliphatic heterocycles. The molecule has 1 aromatic rings. The van der Waals surface area contributed by atoms with Crippen LogP contribution in [0.15, 0.2) is 12.1 Å². The third-order valence-electron chi connectivity index (χ3n) is 6.93. The van der Waals surface area contributed by atoms with E-state index in [9.17, 15) is 18.8 Å². The largest absolute Gasteiger partial charge is 0.355 e. The van der Waals surface area contributed by atoms with Crippen molar-refractivity contribution in [1.82, 2.24) is 15.1 Å². The van der Waals surface area contributed by atoms with Crippen LogP contribution in [-0.2, 0) is 16.0 Å². The van der Waals surface area contributed by atoms with Crippen molar-refractivity contribution in [2.75, 3.05) is 44.7 Å². The molecule has 168 valence electrons. The van der Waals surface area contributed by atoms with Gasteiger partial charge in [-0.3, -0.25) is 19.3 Å². The molecule has 1 N–H and O–H groups in total. The van der Waals surface area contributed by atoms with Gasteiger partial charge in [-0.25, -0.2) is 4.39 Å². The van der Waals surface area contributed by atoms with E-state index in [1.54, 1.807) is 4.90 Å². The van der Waals surface area contributed by atoms with Gasteiger partial charge in [-0.2, -0.15) is 0 Å². The number of halogens is 1. The summed E-state index contributed by atoms with van der Waals surface area (Å²) < 4.78 is 14.5. The molecule has 2 fully saturated rings. The molecule has 0 unspecified atom stereocenters. The maximum atomic E-state index is 14.5. The second-order valence-electron chi connectivity index (χ2n) is 9.05. The number of hydrogen-bond donors (Lipinski definition) is 1. The Bertz CT molecular complexity index is 874. The van der Waals surface area contributed by atoms with Gasteiger partial charge in [0.05, 0.1) is 24.2 Å². The Morgan fingerprint density at radius 3 is 2.42 bits per heavy atom. The fourth-order valence-corrected chi connectivity index (χ4v) is 4.95. The molecule has 0 bridgehead atoms. The lowest BCUT2D eigenvalue weighted by Crippen LogP contribution is -2.50. The molecule has 3 aliphatic rings. The Hall–Kier alpha value is -2.48. The monoisotopic (exact) mass is 430 g/mol. The lowest BCUT2D eigenvalue weighted by molar-refractivity contribution is -0.134. The standard InChI is InChI=1S/C23H31FN4O3/c1-15-3-9-27(10-4-15)22(30)14-26-7-5-17(6-8-26)28-20-13-19(24)18(23(31)25-2)11-16(20)12-21(28)29/h11,13,15,17H,3-10,12,14H2,1-2H3,(H,25,31). The minimum Gasteiger partial charge on any atom is -0.355 e. The van der Waals surface area contributed by atoms with Crippen molar-refractivity contribution in [3.05, 3.63) is 29.1 Å². The molecular formula is C23H31FN4O3. The average Bonchev–Trinajstić information content (AvgIpc) is 3.08. The maximum Gasteiger partial charge on any atom is 0.254 e. The number of carbonyl (C=O) groups is 3. The van der Waals surface area contributed by atoms with Crippen molar-refractivity contribution in [2.45, 2.75) is 45.1 Å². The Balaban J connectivity index is 1.37. The van der Waals surface area contributed by atoms with Crippen molar-refractivity contribution in [1.29, 1.82) is 0 Å². The van der Waals surface area contributed by atoms with Gasteiger partial charge in [-0.1, -0.05) is 6.92 Å². The molecule has 8 heteroatoms. The molecule has 0 saturated carbocycles. The molecule has 0 aromatic heterocycles. The van der Waals surface area contributed by atoms with Gasteiger partial charge in [-0.15, -0.1) is 0 Å². The van der Waals surface area contributed by atoms with E-state index in [1.165, 1.54) is 19.2 Å². The summed E-state index contributed by atoms with van der Waals surface area (Å²) in [4.78, 5) is 43.0. The fourth-order valence-electron chi connectivity index (χ4n) is 4.95. The van der Waals surface area contributed by atoms with Gasteiger partial charge in [0.2, 0.25) is 11.8 Å². The molecule has 0 aliphatic carbocycles. The van der Waals surface area contributed by atoms with E-state index < -0.39 is 11.7 Å². The highest BCUT2D eigenvalue weighted by molar-refractivity contribution is 6.04. The number of fused-ring (bicyclic) bond motifs is 1.